The van der Waals surface area contributed by atoms with Crippen LogP contribution in [0, 0.1) is 0 Å². The maximum atomic E-state index is 13.3. The number of hydrogen-bond acceptors (Lipinski definition) is 10. The monoisotopic (exact) mass is 694 g/mol. The Kier molecular flexibility index (Phi) is 15.2. The van der Waals surface area contributed by atoms with Gasteiger partial charge in [-0.25, -0.2) is 24.5 Å². The topological polar surface area (TPSA) is 188 Å². The number of urea groups is 2. The van der Waals surface area contributed by atoms with E-state index in [2.05, 4.69) is 50.1 Å². The molecular weight excluding hydrogens is 644 g/mol. The van der Waals surface area contributed by atoms with Gasteiger partial charge in [0.1, 0.15) is 12.4 Å². The van der Waals surface area contributed by atoms with Gasteiger partial charge in [-0.2, -0.15) is 0 Å². The second-order valence-corrected chi connectivity index (χ2v) is 12.3. The summed E-state index contributed by atoms with van der Waals surface area (Å²) in [5.41, 5.74) is 1.13. The number of imidazole rings is 1. The van der Waals surface area contributed by atoms with E-state index < -0.39 is 48.5 Å². The van der Waals surface area contributed by atoms with Crippen LogP contribution < -0.4 is 21.3 Å². The first-order chi connectivity index (χ1) is 24.3. The standard InChI is InChI=1S/C35H50N8O7/c1-4-6-8-10-15-19-26(44)49-29-25(21-37-34(46)36-3)48-33(30(29)50-27(45)20-16-11-9-7-5-2)43-23-40-28-31(38-22-39-32(28)43)42-35(47)41-24-17-13-12-14-18-24/h12-14,17-18,22-23,25,29-30,33H,4-11,15-16,19-21H2,1-3H3,(H2,36,37,46)(H2,38,39,41,42,47)/t25-,29-,30-,33-/m1/s1. The van der Waals surface area contributed by atoms with Gasteiger partial charge in [-0.1, -0.05) is 83.4 Å². The van der Waals surface area contributed by atoms with Gasteiger partial charge in [-0.3, -0.25) is 19.5 Å². The maximum absolute atomic E-state index is 13.3. The first kappa shape index (κ1) is 38.0. The largest absolute Gasteiger partial charge is 0.455 e. The van der Waals surface area contributed by atoms with Gasteiger partial charge in [0.25, 0.3) is 0 Å². The summed E-state index contributed by atoms with van der Waals surface area (Å²) in [6.45, 7) is 4.21. The molecule has 0 spiro atoms. The van der Waals surface area contributed by atoms with E-state index in [1.54, 1.807) is 28.8 Å². The van der Waals surface area contributed by atoms with E-state index in [9.17, 15) is 19.2 Å². The Morgan fingerprint density at radius 1 is 0.780 bits per heavy atom. The molecule has 3 aromatic rings. The number of esters is 2. The normalized spacial score (nSPS) is 18.4. The number of benzene rings is 1. The molecule has 4 atom stereocenters. The Hall–Kier alpha value is -4.79. The summed E-state index contributed by atoms with van der Waals surface area (Å²) in [4.78, 5) is 64.4. The van der Waals surface area contributed by atoms with Gasteiger partial charge >= 0.3 is 24.0 Å². The van der Waals surface area contributed by atoms with Crippen molar-refractivity contribution in [2.75, 3.05) is 24.2 Å². The van der Waals surface area contributed by atoms with Crippen molar-refractivity contribution in [2.24, 2.45) is 0 Å². The number of unbranched alkanes of at least 4 members (excludes halogenated alkanes) is 8. The molecule has 4 amide bonds. The lowest BCUT2D eigenvalue weighted by atomic mass is 10.1. The van der Waals surface area contributed by atoms with Crippen molar-refractivity contribution < 1.29 is 33.4 Å². The first-order valence-electron chi connectivity index (χ1n) is 17.6. The predicted molar refractivity (Wildman–Crippen MR) is 187 cm³/mol. The Morgan fingerprint density at radius 3 is 2.06 bits per heavy atom. The van der Waals surface area contributed by atoms with Crippen molar-refractivity contribution in [3.8, 4) is 0 Å². The van der Waals surface area contributed by atoms with Gasteiger partial charge in [0.2, 0.25) is 0 Å². The average Bonchev–Trinajstić information content (AvgIpc) is 3.69. The van der Waals surface area contributed by atoms with Gasteiger partial charge < -0.3 is 30.2 Å². The molecular formula is C35H50N8O7. The van der Waals surface area contributed by atoms with Crippen LogP contribution in [-0.4, -0.2) is 75.4 Å². The molecule has 15 nitrogen and oxygen atoms in total. The van der Waals surface area contributed by atoms with Crippen LogP contribution in [0.3, 0.4) is 0 Å². The number of hydrogen-bond donors (Lipinski definition) is 4. The number of nitrogens with zero attached hydrogens (tertiary/aromatic N) is 4. The van der Waals surface area contributed by atoms with Crippen LogP contribution >= 0.6 is 0 Å². The smallest absolute Gasteiger partial charge is 0.324 e. The quantitative estimate of drug-likeness (QED) is 0.0877. The lowest BCUT2D eigenvalue weighted by Crippen LogP contribution is -2.45. The minimum atomic E-state index is -1.09. The fraction of sp³-hybridized carbons (Fsp3) is 0.571. The molecule has 0 unspecified atom stereocenters. The summed E-state index contributed by atoms with van der Waals surface area (Å²) in [5.74, 6) is -0.765. The van der Waals surface area contributed by atoms with Crippen LogP contribution in [0.1, 0.15) is 97.1 Å². The third kappa shape index (κ3) is 11.1. The molecule has 4 N–H and O–H groups in total. The maximum Gasteiger partial charge on any atom is 0.324 e. The molecule has 0 saturated carbocycles. The van der Waals surface area contributed by atoms with Gasteiger partial charge in [0, 0.05) is 32.1 Å². The van der Waals surface area contributed by atoms with Crippen molar-refractivity contribution in [2.45, 2.75) is 115 Å². The highest BCUT2D eigenvalue weighted by molar-refractivity contribution is 6.02. The van der Waals surface area contributed by atoms with Crippen molar-refractivity contribution in [1.29, 1.82) is 0 Å². The van der Waals surface area contributed by atoms with E-state index in [0.717, 1.165) is 51.4 Å². The highest BCUT2D eigenvalue weighted by Gasteiger charge is 2.51. The third-order valence-electron chi connectivity index (χ3n) is 8.38. The zero-order valence-electron chi connectivity index (χ0n) is 29.2. The van der Waals surface area contributed by atoms with E-state index in [0.29, 0.717) is 18.5 Å². The molecule has 50 heavy (non-hydrogen) atoms. The number of ether oxygens (including phenoxy) is 3. The first-order valence-corrected chi connectivity index (χ1v) is 17.6. The molecule has 272 valence electrons. The lowest BCUT2D eigenvalue weighted by molar-refractivity contribution is -0.168. The van der Waals surface area contributed by atoms with E-state index in [-0.39, 0.29) is 36.4 Å². The zero-order valence-corrected chi connectivity index (χ0v) is 29.2. The highest BCUT2D eigenvalue weighted by Crippen LogP contribution is 2.36. The number of rotatable bonds is 19. The predicted octanol–water partition coefficient (Wildman–Crippen LogP) is 5.84. The Labute approximate surface area is 292 Å². The summed E-state index contributed by atoms with van der Waals surface area (Å²) < 4.78 is 20.0. The molecule has 0 aliphatic carbocycles. The summed E-state index contributed by atoms with van der Waals surface area (Å²) in [7, 11) is 1.48. The summed E-state index contributed by atoms with van der Waals surface area (Å²) in [5, 5.41) is 10.7. The Balaban J connectivity index is 1.60. The van der Waals surface area contributed by atoms with Gasteiger partial charge in [0.15, 0.2) is 35.4 Å². The number of amides is 4. The molecule has 1 fully saturated rings. The molecule has 3 heterocycles. The fourth-order valence-corrected chi connectivity index (χ4v) is 5.73. The van der Waals surface area contributed by atoms with Crippen LogP contribution in [0.5, 0.6) is 0 Å². The van der Waals surface area contributed by atoms with Gasteiger partial charge in [-0.05, 0) is 25.0 Å². The Bertz CT molecular complexity index is 1540. The van der Waals surface area contributed by atoms with Gasteiger partial charge in [0.05, 0.1) is 6.33 Å². The van der Waals surface area contributed by atoms with Crippen LogP contribution in [0.25, 0.3) is 11.2 Å². The van der Waals surface area contributed by atoms with E-state index in [4.69, 9.17) is 14.2 Å². The number of anilines is 2. The minimum Gasteiger partial charge on any atom is -0.455 e. The van der Waals surface area contributed by atoms with Gasteiger partial charge in [-0.15, -0.1) is 0 Å². The van der Waals surface area contributed by atoms with E-state index >= 15 is 0 Å². The molecule has 1 saturated heterocycles. The van der Waals surface area contributed by atoms with Crippen LogP contribution in [-0.2, 0) is 23.8 Å². The average molecular weight is 695 g/mol. The SMILES string of the molecule is CCCCCCCC(=O)O[C@@H]1[C@H](OC(=O)CCCCCCC)[C@@H](CNC(=O)NC)O[C@H]1n1cnc2c(NC(=O)Nc3ccccc3)ncnc21. The highest BCUT2D eigenvalue weighted by atomic mass is 16.6. The number of nitrogens with one attached hydrogen (secondary N) is 4. The van der Waals surface area contributed by atoms with Crippen molar-refractivity contribution in [1.82, 2.24) is 30.2 Å². The molecule has 4 rings (SSSR count). The second-order valence-electron chi connectivity index (χ2n) is 12.3. The number of aromatic nitrogens is 4. The van der Waals surface area contributed by atoms with Crippen molar-refractivity contribution in [3.63, 3.8) is 0 Å². The van der Waals surface area contributed by atoms with Crippen LogP contribution in [0.15, 0.2) is 43.0 Å². The van der Waals surface area contributed by atoms with E-state index in [1.807, 2.05) is 6.07 Å². The summed E-state index contributed by atoms with van der Waals surface area (Å²) in [6.07, 6.45) is 8.53. The van der Waals surface area contributed by atoms with E-state index in [1.165, 1.54) is 19.7 Å². The zero-order chi connectivity index (χ0) is 35.7. The minimum absolute atomic E-state index is 0.0379. The van der Waals surface area contributed by atoms with Crippen LogP contribution in [0.2, 0.25) is 0 Å². The molecule has 1 aliphatic rings. The number of carbonyl (C=O) groups is 4. The van der Waals surface area contributed by atoms with Crippen molar-refractivity contribution >= 4 is 46.7 Å². The number of carbonyl (C=O) groups excluding carboxylic acids is 4. The summed E-state index contributed by atoms with van der Waals surface area (Å²) >= 11 is 0. The van der Waals surface area contributed by atoms with Crippen LogP contribution in [0.4, 0.5) is 21.1 Å². The third-order valence-corrected chi connectivity index (χ3v) is 8.38. The molecule has 1 aromatic carbocycles. The molecule has 15 heteroatoms. The molecule has 2 aromatic heterocycles. The number of para-hydroxylation sites is 1. The summed E-state index contributed by atoms with van der Waals surface area (Å²) in [6, 6.07) is 7.95. The number of fused-ring (bicyclic) bond motifs is 1. The van der Waals surface area contributed by atoms with Crippen molar-refractivity contribution in [3.05, 3.63) is 43.0 Å². The molecule has 0 radical (unpaired) electrons. The second kappa shape index (κ2) is 20.0. The Morgan fingerprint density at radius 2 is 1.42 bits per heavy atom. The molecule has 0 bridgehead atoms. The fourth-order valence-electron chi connectivity index (χ4n) is 5.73. The lowest BCUT2D eigenvalue weighted by Gasteiger charge is -2.25. The molecule has 1 aliphatic heterocycles.